The van der Waals surface area contributed by atoms with E-state index in [0.29, 0.717) is 31.9 Å². The molecule has 2 heterocycles. The van der Waals surface area contributed by atoms with E-state index in [1.807, 2.05) is 0 Å². The molecule has 0 amide bonds. The van der Waals surface area contributed by atoms with Gasteiger partial charge in [-0.1, -0.05) is 12.1 Å². The summed E-state index contributed by atoms with van der Waals surface area (Å²) in [5.41, 5.74) is 4.28. The summed E-state index contributed by atoms with van der Waals surface area (Å²) in [5.74, 6) is -0.549. The van der Waals surface area contributed by atoms with E-state index in [0.717, 1.165) is 5.69 Å². The van der Waals surface area contributed by atoms with Crippen LogP contribution in [0.5, 0.6) is 0 Å². The number of aryl methyl sites for hydroxylation is 2. The minimum absolute atomic E-state index is 0.163. The minimum atomic E-state index is -3.68. The average Bonchev–Trinajstić information content (AvgIpc) is 2.99. The normalized spacial score (nSPS) is 15.7. The van der Waals surface area contributed by atoms with E-state index in [1.54, 1.807) is 18.5 Å². The SMILES string of the molecule is COC(=O)c1cc(S(=O)(=O)N2CCN(c3cc(C)ccc3C)CC2)c(C)n1C. The van der Waals surface area contributed by atoms with E-state index in [2.05, 4.69) is 36.9 Å². The highest BCUT2D eigenvalue weighted by molar-refractivity contribution is 7.89. The number of piperazine rings is 1. The molecular weight excluding hydrogens is 378 g/mol. The van der Waals surface area contributed by atoms with Gasteiger partial charge in [-0.15, -0.1) is 0 Å². The van der Waals surface area contributed by atoms with Crippen molar-refractivity contribution in [2.75, 3.05) is 38.2 Å². The van der Waals surface area contributed by atoms with Gasteiger partial charge in [0.25, 0.3) is 0 Å². The first-order valence-corrected chi connectivity index (χ1v) is 10.7. The van der Waals surface area contributed by atoms with Crippen molar-refractivity contribution in [1.82, 2.24) is 8.87 Å². The number of methoxy groups -OCH3 is 1. The maximum Gasteiger partial charge on any atom is 0.354 e. The zero-order valence-electron chi connectivity index (χ0n) is 17.0. The Balaban J connectivity index is 1.82. The second kappa shape index (κ2) is 7.60. The Morgan fingerprint density at radius 3 is 2.29 bits per heavy atom. The second-order valence-corrected chi connectivity index (χ2v) is 9.12. The predicted octanol–water partition coefficient (Wildman–Crippen LogP) is 2.25. The van der Waals surface area contributed by atoms with Crippen LogP contribution in [0.25, 0.3) is 0 Å². The summed E-state index contributed by atoms with van der Waals surface area (Å²) in [4.78, 5) is 14.3. The van der Waals surface area contributed by atoms with Gasteiger partial charge in [0.2, 0.25) is 10.0 Å². The number of rotatable bonds is 4. The van der Waals surface area contributed by atoms with Gasteiger partial charge in [-0.05, 0) is 44.0 Å². The van der Waals surface area contributed by atoms with Crippen molar-refractivity contribution in [3.63, 3.8) is 0 Å². The summed E-state index contributed by atoms with van der Waals surface area (Å²) >= 11 is 0. The largest absolute Gasteiger partial charge is 0.464 e. The van der Waals surface area contributed by atoms with Gasteiger partial charge in [-0.25, -0.2) is 13.2 Å². The van der Waals surface area contributed by atoms with Gasteiger partial charge in [0.1, 0.15) is 10.6 Å². The van der Waals surface area contributed by atoms with Crippen molar-refractivity contribution in [3.8, 4) is 0 Å². The van der Waals surface area contributed by atoms with Crippen LogP contribution in [0.4, 0.5) is 5.69 Å². The number of carbonyl (C=O) groups is 1. The molecule has 152 valence electrons. The number of hydrogen-bond donors (Lipinski definition) is 0. The van der Waals surface area contributed by atoms with Crippen LogP contribution < -0.4 is 4.90 Å². The van der Waals surface area contributed by atoms with Crippen LogP contribution in [0.1, 0.15) is 27.3 Å². The van der Waals surface area contributed by atoms with Gasteiger partial charge < -0.3 is 14.2 Å². The predicted molar refractivity (Wildman–Crippen MR) is 108 cm³/mol. The lowest BCUT2D eigenvalue weighted by atomic mass is 10.1. The third-order valence-corrected chi connectivity index (χ3v) is 7.46. The van der Waals surface area contributed by atoms with Crippen LogP contribution in [0.3, 0.4) is 0 Å². The monoisotopic (exact) mass is 405 g/mol. The smallest absolute Gasteiger partial charge is 0.354 e. The third kappa shape index (κ3) is 3.54. The van der Waals surface area contributed by atoms with Crippen LogP contribution >= 0.6 is 0 Å². The molecule has 3 rings (SSSR count). The molecular formula is C20H27N3O4S. The number of sulfonamides is 1. The lowest BCUT2D eigenvalue weighted by molar-refractivity contribution is 0.0589. The zero-order chi connectivity index (χ0) is 20.6. The Bertz CT molecular complexity index is 1000. The highest BCUT2D eigenvalue weighted by Gasteiger charge is 2.32. The van der Waals surface area contributed by atoms with Crippen molar-refractivity contribution in [2.45, 2.75) is 25.7 Å². The summed E-state index contributed by atoms with van der Waals surface area (Å²) in [6.07, 6.45) is 0. The van der Waals surface area contributed by atoms with Crippen LogP contribution in [0.15, 0.2) is 29.2 Å². The van der Waals surface area contributed by atoms with E-state index < -0.39 is 16.0 Å². The molecule has 1 fully saturated rings. The number of hydrogen-bond acceptors (Lipinski definition) is 5. The fourth-order valence-corrected chi connectivity index (χ4v) is 5.29. The quantitative estimate of drug-likeness (QED) is 0.730. The molecule has 8 heteroatoms. The number of esters is 1. The lowest BCUT2D eigenvalue weighted by Gasteiger charge is -2.36. The molecule has 1 aromatic heterocycles. The number of aromatic nitrogens is 1. The highest BCUT2D eigenvalue weighted by atomic mass is 32.2. The van der Waals surface area contributed by atoms with Crippen LogP contribution in [-0.2, 0) is 21.8 Å². The molecule has 1 aromatic carbocycles. The maximum absolute atomic E-state index is 13.2. The molecule has 0 N–H and O–H groups in total. The van der Waals surface area contributed by atoms with Gasteiger partial charge >= 0.3 is 5.97 Å². The standard InChI is InChI=1S/C20H27N3O4S/c1-14-6-7-15(2)17(12-14)22-8-10-23(11-9-22)28(25,26)19-13-18(20(24)27-5)21(4)16(19)3/h6-7,12-13H,8-11H2,1-5H3. The molecule has 1 saturated heterocycles. The molecule has 0 aliphatic carbocycles. The fraction of sp³-hybridized carbons (Fsp3) is 0.450. The zero-order valence-corrected chi connectivity index (χ0v) is 17.8. The second-order valence-electron chi connectivity index (χ2n) is 7.21. The molecule has 0 saturated carbocycles. The molecule has 7 nitrogen and oxygen atoms in total. The Hall–Kier alpha value is -2.32. The molecule has 1 aliphatic heterocycles. The van der Waals surface area contributed by atoms with Gasteiger partial charge in [-0.2, -0.15) is 4.31 Å². The highest BCUT2D eigenvalue weighted by Crippen LogP contribution is 2.27. The number of benzene rings is 1. The molecule has 2 aromatic rings. The van der Waals surface area contributed by atoms with Gasteiger partial charge in [0.05, 0.1) is 7.11 Å². The summed E-state index contributed by atoms with van der Waals surface area (Å²) in [6.45, 7) is 7.87. The number of nitrogens with zero attached hydrogens (tertiary/aromatic N) is 3. The molecule has 28 heavy (non-hydrogen) atoms. The van der Waals surface area contributed by atoms with Crippen LogP contribution in [0, 0.1) is 20.8 Å². The van der Waals surface area contributed by atoms with Crippen molar-refractivity contribution in [2.24, 2.45) is 7.05 Å². The number of ether oxygens (including phenoxy) is 1. The Morgan fingerprint density at radius 1 is 1.04 bits per heavy atom. The van der Waals surface area contributed by atoms with E-state index in [1.165, 1.54) is 28.6 Å². The van der Waals surface area contributed by atoms with E-state index >= 15 is 0 Å². The molecule has 1 aliphatic rings. The van der Waals surface area contributed by atoms with Crippen molar-refractivity contribution in [1.29, 1.82) is 0 Å². The van der Waals surface area contributed by atoms with Gasteiger partial charge in [0.15, 0.2) is 0 Å². The molecule has 0 spiro atoms. The number of carbonyl (C=O) groups excluding carboxylic acids is 1. The van der Waals surface area contributed by atoms with Crippen LogP contribution in [0.2, 0.25) is 0 Å². The molecule has 0 atom stereocenters. The van der Waals surface area contributed by atoms with E-state index in [4.69, 9.17) is 4.74 Å². The summed E-state index contributed by atoms with van der Waals surface area (Å²) in [6, 6.07) is 7.73. The van der Waals surface area contributed by atoms with E-state index in [9.17, 15) is 13.2 Å². The first kappa shape index (κ1) is 20.4. The van der Waals surface area contributed by atoms with Crippen molar-refractivity contribution >= 4 is 21.7 Å². The van der Waals surface area contributed by atoms with E-state index in [-0.39, 0.29) is 10.6 Å². The molecule has 0 unspecified atom stereocenters. The van der Waals surface area contributed by atoms with Crippen LogP contribution in [-0.4, -0.2) is 56.5 Å². The maximum atomic E-state index is 13.2. The summed E-state index contributed by atoms with van der Waals surface area (Å²) < 4.78 is 34.2. The van der Waals surface area contributed by atoms with Crippen molar-refractivity contribution in [3.05, 3.63) is 46.8 Å². The summed E-state index contributed by atoms with van der Waals surface area (Å²) in [5, 5.41) is 0. The Kier molecular flexibility index (Phi) is 5.54. The third-order valence-electron chi connectivity index (χ3n) is 5.45. The minimum Gasteiger partial charge on any atom is -0.464 e. The first-order valence-electron chi connectivity index (χ1n) is 9.23. The average molecular weight is 406 g/mol. The Labute approximate surface area is 166 Å². The van der Waals surface area contributed by atoms with Crippen molar-refractivity contribution < 1.29 is 17.9 Å². The Morgan fingerprint density at radius 2 is 1.68 bits per heavy atom. The lowest BCUT2D eigenvalue weighted by Crippen LogP contribution is -2.49. The fourth-order valence-electron chi connectivity index (χ4n) is 3.60. The number of anilines is 1. The topological polar surface area (TPSA) is 71.8 Å². The van der Waals surface area contributed by atoms with Gasteiger partial charge in [0, 0.05) is 44.6 Å². The first-order chi connectivity index (χ1) is 13.2. The van der Waals surface area contributed by atoms with Gasteiger partial charge in [-0.3, -0.25) is 0 Å². The molecule has 0 radical (unpaired) electrons. The summed E-state index contributed by atoms with van der Waals surface area (Å²) in [7, 11) is -0.733. The molecule has 0 bridgehead atoms.